The summed E-state index contributed by atoms with van der Waals surface area (Å²) in [6, 6.07) is 6.28. The first-order valence-corrected chi connectivity index (χ1v) is 11.2. The lowest BCUT2D eigenvalue weighted by Crippen LogP contribution is -2.50. The Hall–Kier alpha value is -1.51. The lowest BCUT2D eigenvalue weighted by Gasteiger charge is -2.36. The van der Waals surface area contributed by atoms with E-state index in [4.69, 9.17) is 4.74 Å². The van der Waals surface area contributed by atoms with Gasteiger partial charge in [0.25, 0.3) is 0 Å². The number of fused-ring (bicyclic) bond motifs is 1. The molecule has 3 heterocycles. The Kier molecular flexibility index (Phi) is 5.22. The molecule has 3 saturated heterocycles. The second kappa shape index (κ2) is 7.48. The second-order valence-corrected chi connectivity index (χ2v) is 10.1. The average Bonchev–Trinajstić information content (AvgIpc) is 3.09. The molecule has 0 aromatic heterocycles. The van der Waals surface area contributed by atoms with E-state index < -0.39 is 15.1 Å². The number of benzene rings is 1. The maximum Gasteiger partial charge on any atom is 0.226 e. The number of rotatable bonds is 3. The zero-order chi connectivity index (χ0) is 19.0. The molecule has 1 aromatic carbocycles. The van der Waals surface area contributed by atoms with Gasteiger partial charge in [0, 0.05) is 44.6 Å². The molecule has 3 fully saturated rings. The molecule has 1 aromatic rings. The number of morpholine rings is 1. The van der Waals surface area contributed by atoms with Crippen LogP contribution in [0.2, 0.25) is 0 Å². The molecule has 0 radical (unpaired) electrons. The molecule has 0 unspecified atom stereocenters. The third-order valence-corrected chi connectivity index (χ3v) is 8.26. The molecule has 3 aliphatic heterocycles. The van der Waals surface area contributed by atoms with E-state index in [2.05, 4.69) is 4.90 Å². The number of amides is 1. The van der Waals surface area contributed by atoms with Crippen molar-refractivity contribution in [3.05, 3.63) is 35.6 Å². The predicted octanol–water partition coefficient (Wildman–Crippen LogP) is 0.920. The van der Waals surface area contributed by atoms with Crippen molar-refractivity contribution < 1.29 is 22.3 Å². The van der Waals surface area contributed by atoms with Crippen molar-refractivity contribution in [3.8, 4) is 0 Å². The fourth-order valence-electron chi connectivity index (χ4n) is 4.60. The highest BCUT2D eigenvalue weighted by atomic mass is 32.2. The highest BCUT2D eigenvalue weighted by Crippen LogP contribution is 2.38. The SMILES string of the molecule is O=C([C@@H]1CCS(=O)(=O)[C@H]2CN(Cc3ccc(F)cc3)C[C@@H]12)N1CCOCC1. The highest BCUT2D eigenvalue weighted by Gasteiger charge is 2.51. The summed E-state index contributed by atoms with van der Waals surface area (Å²) in [7, 11) is -3.19. The average molecular weight is 396 g/mol. The standard InChI is InChI=1S/C19H25FN2O4S/c20-15-3-1-14(2-4-15)11-21-12-17-16(5-10-27(24,25)18(17)13-21)19(23)22-6-8-26-9-7-22/h1-4,16-18H,5-13H2/t16-,17+,18+/m1/s1. The van der Waals surface area contributed by atoms with Gasteiger partial charge >= 0.3 is 0 Å². The van der Waals surface area contributed by atoms with Crippen LogP contribution in [-0.2, 0) is 25.9 Å². The number of nitrogens with zero attached hydrogens (tertiary/aromatic N) is 2. The Labute approximate surface area is 159 Å². The summed E-state index contributed by atoms with van der Waals surface area (Å²) in [6.45, 7) is 3.85. The zero-order valence-electron chi connectivity index (χ0n) is 15.2. The number of hydrogen-bond acceptors (Lipinski definition) is 5. The number of halogens is 1. The third kappa shape index (κ3) is 3.88. The highest BCUT2D eigenvalue weighted by molar-refractivity contribution is 7.92. The van der Waals surface area contributed by atoms with Crippen LogP contribution in [0.1, 0.15) is 12.0 Å². The van der Waals surface area contributed by atoms with Crippen LogP contribution in [0.5, 0.6) is 0 Å². The summed E-state index contributed by atoms with van der Waals surface area (Å²) in [5.41, 5.74) is 0.948. The van der Waals surface area contributed by atoms with E-state index in [9.17, 15) is 17.6 Å². The maximum absolute atomic E-state index is 13.1. The van der Waals surface area contributed by atoms with E-state index in [0.717, 1.165) is 5.56 Å². The van der Waals surface area contributed by atoms with Gasteiger partial charge in [-0.05, 0) is 24.1 Å². The zero-order valence-corrected chi connectivity index (χ0v) is 16.0. The molecular formula is C19H25FN2O4S. The summed E-state index contributed by atoms with van der Waals surface area (Å²) < 4.78 is 43.7. The minimum atomic E-state index is -3.19. The summed E-state index contributed by atoms with van der Waals surface area (Å²) >= 11 is 0. The Morgan fingerprint density at radius 2 is 1.85 bits per heavy atom. The third-order valence-electron chi connectivity index (χ3n) is 6.04. The first-order valence-electron chi connectivity index (χ1n) is 9.49. The Balaban J connectivity index is 1.50. The minimum absolute atomic E-state index is 0.0758. The molecule has 8 heteroatoms. The molecule has 0 bridgehead atoms. The molecule has 0 spiro atoms. The van der Waals surface area contributed by atoms with Gasteiger partial charge in [0.2, 0.25) is 5.91 Å². The van der Waals surface area contributed by atoms with Crippen LogP contribution in [-0.4, -0.2) is 74.5 Å². The van der Waals surface area contributed by atoms with Crippen LogP contribution in [0, 0.1) is 17.7 Å². The van der Waals surface area contributed by atoms with Gasteiger partial charge in [-0.25, -0.2) is 12.8 Å². The van der Waals surface area contributed by atoms with Crippen molar-refractivity contribution in [2.75, 3.05) is 45.1 Å². The largest absolute Gasteiger partial charge is 0.378 e. The van der Waals surface area contributed by atoms with Gasteiger partial charge in [-0.2, -0.15) is 0 Å². The van der Waals surface area contributed by atoms with Gasteiger partial charge in [0.15, 0.2) is 9.84 Å². The molecule has 27 heavy (non-hydrogen) atoms. The van der Waals surface area contributed by atoms with Crippen LogP contribution < -0.4 is 0 Å². The molecule has 3 atom stereocenters. The van der Waals surface area contributed by atoms with Crippen molar-refractivity contribution in [2.45, 2.75) is 18.2 Å². The summed E-state index contributed by atoms with van der Waals surface area (Å²) in [5, 5.41) is -0.485. The number of sulfone groups is 1. The van der Waals surface area contributed by atoms with Crippen molar-refractivity contribution in [3.63, 3.8) is 0 Å². The van der Waals surface area contributed by atoms with E-state index in [-0.39, 0.29) is 29.3 Å². The first-order chi connectivity index (χ1) is 12.9. The van der Waals surface area contributed by atoms with Gasteiger partial charge in [-0.1, -0.05) is 12.1 Å². The predicted molar refractivity (Wildman–Crippen MR) is 98.2 cm³/mol. The van der Waals surface area contributed by atoms with E-state index in [1.54, 1.807) is 12.1 Å². The number of carbonyl (C=O) groups excluding carboxylic acids is 1. The van der Waals surface area contributed by atoms with Crippen molar-refractivity contribution in [1.82, 2.24) is 9.80 Å². The second-order valence-electron chi connectivity index (χ2n) is 7.72. The van der Waals surface area contributed by atoms with E-state index in [1.807, 2.05) is 4.90 Å². The van der Waals surface area contributed by atoms with E-state index >= 15 is 0 Å². The molecule has 0 N–H and O–H groups in total. The number of ether oxygens (including phenoxy) is 1. The maximum atomic E-state index is 13.1. The Morgan fingerprint density at radius 1 is 1.15 bits per heavy atom. The summed E-state index contributed by atoms with van der Waals surface area (Å²) in [4.78, 5) is 16.9. The first kappa shape index (κ1) is 18.8. The van der Waals surface area contributed by atoms with Gasteiger partial charge in [-0.3, -0.25) is 9.69 Å². The molecule has 1 amide bonds. The molecule has 0 saturated carbocycles. The number of carbonyl (C=O) groups is 1. The molecule has 3 aliphatic rings. The van der Waals surface area contributed by atoms with E-state index in [0.29, 0.717) is 52.4 Å². The summed E-state index contributed by atoms with van der Waals surface area (Å²) in [6.07, 6.45) is 0.407. The minimum Gasteiger partial charge on any atom is -0.378 e. The van der Waals surface area contributed by atoms with Crippen LogP contribution in [0.15, 0.2) is 24.3 Å². The lowest BCUT2D eigenvalue weighted by molar-refractivity contribution is -0.141. The van der Waals surface area contributed by atoms with Crippen LogP contribution >= 0.6 is 0 Å². The topological polar surface area (TPSA) is 66.9 Å². The van der Waals surface area contributed by atoms with Crippen molar-refractivity contribution in [2.24, 2.45) is 11.8 Å². The fraction of sp³-hybridized carbons (Fsp3) is 0.632. The number of likely N-dealkylation sites (tertiary alicyclic amines) is 1. The van der Waals surface area contributed by atoms with Crippen LogP contribution in [0.25, 0.3) is 0 Å². The fourth-order valence-corrected chi connectivity index (χ4v) is 6.74. The number of hydrogen-bond donors (Lipinski definition) is 0. The van der Waals surface area contributed by atoms with Gasteiger partial charge in [0.05, 0.1) is 24.2 Å². The van der Waals surface area contributed by atoms with E-state index in [1.165, 1.54) is 12.1 Å². The Bertz CT molecular complexity index is 792. The van der Waals surface area contributed by atoms with Gasteiger partial charge in [0.1, 0.15) is 5.82 Å². The van der Waals surface area contributed by atoms with Crippen molar-refractivity contribution in [1.29, 1.82) is 0 Å². The molecule has 4 rings (SSSR count). The van der Waals surface area contributed by atoms with Gasteiger partial charge in [-0.15, -0.1) is 0 Å². The molecule has 0 aliphatic carbocycles. The monoisotopic (exact) mass is 396 g/mol. The van der Waals surface area contributed by atoms with Crippen LogP contribution in [0.3, 0.4) is 0 Å². The molecule has 148 valence electrons. The lowest BCUT2D eigenvalue weighted by atomic mass is 9.87. The van der Waals surface area contributed by atoms with Gasteiger partial charge < -0.3 is 9.64 Å². The van der Waals surface area contributed by atoms with Crippen LogP contribution in [0.4, 0.5) is 4.39 Å². The van der Waals surface area contributed by atoms with Crippen molar-refractivity contribution >= 4 is 15.7 Å². The summed E-state index contributed by atoms with van der Waals surface area (Å²) in [5.74, 6) is -0.534. The molecule has 6 nitrogen and oxygen atoms in total. The quantitative estimate of drug-likeness (QED) is 0.760. The smallest absolute Gasteiger partial charge is 0.226 e. The normalized spacial score (nSPS) is 30.9. The Morgan fingerprint density at radius 3 is 2.56 bits per heavy atom. The molecular weight excluding hydrogens is 371 g/mol.